The molecule has 0 aliphatic carbocycles. The van der Waals surface area contributed by atoms with Gasteiger partial charge in [-0.05, 0) is 0 Å². The number of rotatable bonds is 3. The lowest BCUT2D eigenvalue weighted by Gasteiger charge is -2.20. The minimum Gasteiger partial charge on any atom is -0.476 e. The third-order valence-electron chi connectivity index (χ3n) is 1.85. The lowest BCUT2D eigenvalue weighted by Crippen LogP contribution is -2.38. The van der Waals surface area contributed by atoms with Crippen molar-refractivity contribution in [1.82, 2.24) is 9.97 Å². The third-order valence-corrected chi connectivity index (χ3v) is 1.85. The van der Waals surface area contributed by atoms with Crippen LogP contribution in [0.15, 0.2) is 12.4 Å². The molecule has 0 saturated carbocycles. The SMILES string of the molecule is CC(=O)N(CC(F)(F)F)c1cnc(C(=O)O)cn1. The smallest absolute Gasteiger partial charge is 0.406 e. The van der Waals surface area contributed by atoms with Gasteiger partial charge in [0.2, 0.25) is 5.91 Å². The lowest BCUT2D eigenvalue weighted by atomic mass is 10.4. The van der Waals surface area contributed by atoms with E-state index in [4.69, 9.17) is 5.11 Å². The summed E-state index contributed by atoms with van der Waals surface area (Å²) in [7, 11) is 0. The number of hydrogen-bond acceptors (Lipinski definition) is 4. The normalized spacial score (nSPS) is 11.1. The summed E-state index contributed by atoms with van der Waals surface area (Å²) >= 11 is 0. The van der Waals surface area contributed by atoms with Crippen LogP contribution in [-0.2, 0) is 4.79 Å². The first kappa shape index (κ1) is 13.9. The number of amides is 1. The number of halogens is 3. The molecule has 0 aliphatic rings. The summed E-state index contributed by atoms with van der Waals surface area (Å²) in [5, 5.41) is 8.55. The molecular formula is C9H8F3N3O3. The van der Waals surface area contributed by atoms with Gasteiger partial charge in [0.1, 0.15) is 6.54 Å². The maximum absolute atomic E-state index is 12.2. The van der Waals surface area contributed by atoms with Crippen molar-refractivity contribution in [3.05, 3.63) is 18.1 Å². The van der Waals surface area contributed by atoms with E-state index < -0.39 is 30.3 Å². The Bertz CT molecular complexity index is 458. The number of aromatic carboxylic acids is 1. The van der Waals surface area contributed by atoms with Crippen molar-refractivity contribution in [2.75, 3.05) is 11.4 Å². The number of carbonyl (C=O) groups is 2. The van der Waals surface area contributed by atoms with Crippen molar-refractivity contribution in [3.8, 4) is 0 Å². The molecule has 0 saturated heterocycles. The number of aromatic nitrogens is 2. The Morgan fingerprint density at radius 2 is 1.94 bits per heavy atom. The van der Waals surface area contributed by atoms with Crippen LogP contribution in [0.2, 0.25) is 0 Å². The molecule has 0 atom stereocenters. The van der Waals surface area contributed by atoms with Crippen LogP contribution in [0, 0.1) is 0 Å². The van der Waals surface area contributed by atoms with Crippen molar-refractivity contribution < 1.29 is 27.9 Å². The Balaban J connectivity index is 3.00. The van der Waals surface area contributed by atoms with Gasteiger partial charge in [-0.25, -0.2) is 14.8 Å². The monoisotopic (exact) mass is 263 g/mol. The highest BCUT2D eigenvalue weighted by molar-refractivity contribution is 5.90. The van der Waals surface area contributed by atoms with E-state index in [9.17, 15) is 22.8 Å². The molecule has 18 heavy (non-hydrogen) atoms. The van der Waals surface area contributed by atoms with Crippen molar-refractivity contribution in [3.63, 3.8) is 0 Å². The van der Waals surface area contributed by atoms with Crippen LogP contribution in [0.5, 0.6) is 0 Å². The molecular weight excluding hydrogens is 255 g/mol. The molecule has 1 heterocycles. The van der Waals surface area contributed by atoms with Crippen LogP contribution < -0.4 is 4.90 Å². The molecule has 1 rings (SSSR count). The summed E-state index contributed by atoms with van der Waals surface area (Å²) < 4.78 is 36.7. The fourth-order valence-electron chi connectivity index (χ4n) is 1.10. The predicted molar refractivity (Wildman–Crippen MR) is 53.1 cm³/mol. The minimum atomic E-state index is -4.58. The van der Waals surface area contributed by atoms with Gasteiger partial charge in [-0.3, -0.25) is 9.69 Å². The topological polar surface area (TPSA) is 83.4 Å². The average Bonchev–Trinajstić information content (AvgIpc) is 2.24. The average molecular weight is 263 g/mol. The van der Waals surface area contributed by atoms with Gasteiger partial charge >= 0.3 is 12.1 Å². The number of anilines is 1. The Hall–Kier alpha value is -2.19. The molecule has 0 fully saturated rings. The first-order valence-corrected chi connectivity index (χ1v) is 4.61. The maximum Gasteiger partial charge on any atom is 0.406 e. The van der Waals surface area contributed by atoms with Gasteiger partial charge in [-0.15, -0.1) is 0 Å². The maximum atomic E-state index is 12.2. The summed E-state index contributed by atoms with van der Waals surface area (Å²) in [6.07, 6.45) is -3.00. The molecule has 0 unspecified atom stereocenters. The number of hydrogen-bond donors (Lipinski definition) is 1. The number of alkyl halides is 3. The van der Waals surface area contributed by atoms with Crippen molar-refractivity contribution in [2.24, 2.45) is 0 Å². The standard InChI is InChI=1S/C9H8F3N3O3/c1-5(16)15(4-9(10,11)12)7-3-13-6(2-14-7)8(17)18/h2-3H,4H2,1H3,(H,17,18). The van der Waals surface area contributed by atoms with E-state index >= 15 is 0 Å². The number of carboxylic acid groups (broad SMARTS) is 1. The van der Waals surface area contributed by atoms with E-state index in [1.54, 1.807) is 0 Å². The molecule has 0 aliphatic heterocycles. The quantitative estimate of drug-likeness (QED) is 0.882. The Morgan fingerprint density at radius 1 is 1.33 bits per heavy atom. The zero-order valence-electron chi connectivity index (χ0n) is 9.10. The Morgan fingerprint density at radius 3 is 2.28 bits per heavy atom. The molecule has 0 aromatic carbocycles. The van der Waals surface area contributed by atoms with Gasteiger partial charge in [-0.1, -0.05) is 0 Å². The van der Waals surface area contributed by atoms with E-state index in [0.717, 1.165) is 19.3 Å². The second-order valence-corrected chi connectivity index (χ2v) is 3.29. The van der Waals surface area contributed by atoms with Gasteiger partial charge in [0.05, 0.1) is 12.4 Å². The van der Waals surface area contributed by atoms with Gasteiger partial charge in [0, 0.05) is 6.92 Å². The van der Waals surface area contributed by atoms with Crippen LogP contribution >= 0.6 is 0 Å². The molecule has 0 radical (unpaired) electrons. The summed E-state index contributed by atoms with van der Waals surface area (Å²) in [4.78, 5) is 28.8. The molecule has 1 N–H and O–H groups in total. The third kappa shape index (κ3) is 3.68. The van der Waals surface area contributed by atoms with Crippen LogP contribution in [0.4, 0.5) is 19.0 Å². The summed E-state index contributed by atoms with van der Waals surface area (Å²) in [6, 6.07) is 0. The van der Waals surface area contributed by atoms with Gasteiger partial charge in [0.25, 0.3) is 0 Å². The zero-order chi connectivity index (χ0) is 13.9. The van der Waals surface area contributed by atoms with Crippen LogP contribution in [0.1, 0.15) is 17.4 Å². The molecule has 1 aromatic heterocycles. The molecule has 98 valence electrons. The minimum absolute atomic E-state index is 0.357. The molecule has 0 bridgehead atoms. The zero-order valence-corrected chi connectivity index (χ0v) is 9.10. The predicted octanol–water partition coefficient (Wildman–Crippen LogP) is 1.09. The Labute approximate surface area is 99.1 Å². The van der Waals surface area contributed by atoms with E-state index in [0.29, 0.717) is 4.90 Å². The summed E-state index contributed by atoms with van der Waals surface area (Å²) in [6.45, 7) is -0.568. The number of carboxylic acids is 1. The van der Waals surface area contributed by atoms with Gasteiger partial charge < -0.3 is 5.11 Å². The van der Waals surface area contributed by atoms with E-state index in [1.165, 1.54) is 0 Å². The molecule has 1 aromatic rings. The second kappa shape index (κ2) is 4.98. The van der Waals surface area contributed by atoms with Crippen molar-refractivity contribution in [2.45, 2.75) is 13.1 Å². The molecule has 9 heteroatoms. The van der Waals surface area contributed by atoms with Crippen molar-refractivity contribution in [1.29, 1.82) is 0 Å². The summed E-state index contributed by atoms with van der Waals surface area (Å²) in [5.41, 5.74) is -0.422. The molecule has 1 amide bonds. The lowest BCUT2D eigenvalue weighted by molar-refractivity contribution is -0.131. The van der Waals surface area contributed by atoms with E-state index in [2.05, 4.69) is 9.97 Å². The highest BCUT2D eigenvalue weighted by Crippen LogP contribution is 2.20. The number of nitrogens with zero attached hydrogens (tertiary/aromatic N) is 3. The first-order valence-electron chi connectivity index (χ1n) is 4.61. The molecule has 0 spiro atoms. The first-order chi connectivity index (χ1) is 8.20. The number of carbonyl (C=O) groups excluding carboxylic acids is 1. The van der Waals surface area contributed by atoms with Gasteiger partial charge in [-0.2, -0.15) is 13.2 Å². The highest BCUT2D eigenvalue weighted by Gasteiger charge is 2.33. The second-order valence-electron chi connectivity index (χ2n) is 3.29. The van der Waals surface area contributed by atoms with E-state index in [-0.39, 0.29) is 5.82 Å². The van der Waals surface area contributed by atoms with Crippen LogP contribution in [0.25, 0.3) is 0 Å². The Kier molecular flexibility index (Phi) is 3.84. The van der Waals surface area contributed by atoms with E-state index in [1.807, 2.05) is 0 Å². The van der Waals surface area contributed by atoms with Crippen LogP contribution in [-0.4, -0.2) is 39.7 Å². The van der Waals surface area contributed by atoms with Crippen molar-refractivity contribution >= 4 is 17.7 Å². The summed E-state index contributed by atoms with van der Waals surface area (Å²) in [5.74, 6) is -2.59. The molecule has 6 nitrogen and oxygen atoms in total. The highest BCUT2D eigenvalue weighted by atomic mass is 19.4. The van der Waals surface area contributed by atoms with Gasteiger partial charge in [0.15, 0.2) is 11.5 Å². The fourth-order valence-corrected chi connectivity index (χ4v) is 1.10. The largest absolute Gasteiger partial charge is 0.476 e. The van der Waals surface area contributed by atoms with Crippen LogP contribution in [0.3, 0.4) is 0 Å². The fraction of sp³-hybridized carbons (Fsp3) is 0.333.